The fourth-order valence-electron chi connectivity index (χ4n) is 13.6. The molecule has 7 amide bonds. The first-order chi connectivity index (χ1) is 40.0. The highest BCUT2D eigenvalue weighted by Crippen LogP contribution is 2.52. The Morgan fingerprint density at radius 2 is 1.54 bits per heavy atom. The number of nitrogens with zero attached hydrogens (tertiary/aromatic N) is 7. The fraction of sp³-hybridized carbons (Fsp3) is 0.516. The van der Waals surface area contributed by atoms with Gasteiger partial charge in [-0.15, -0.1) is 0 Å². The fourth-order valence-corrected chi connectivity index (χ4v) is 13.6. The van der Waals surface area contributed by atoms with Crippen molar-refractivity contribution in [1.82, 2.24) is 39.9 Å². The number of nitrogens with one attached hydrogen (secondary N) is 4. The summed E-state index contributed by atoms with van der Waals surface area (Å²) in [7, 11) is 0. The molecule has 5 aromatic rings. The summed E-state index contributed by atoms with van der Waals surface area (Å²) in [6.45, 7) is 13.4. The van der Waals surface area contributed by atoms with Gasteiger partial charge in [0.2, 0.25) is 23.6 Å². The molecule has 1 saturated carbocycles. The quantitative estimate of drug-likeness (QED) is 0.0424. The molecule has 11 rings (SSSR count). The average molecular weight is 1130 g/mol. The number of hydrogen-bond acceptors (Lipinski definition) is 12. The van der Waals surface area contributed by atoms with Gasteiger partial charge in [-0.25, -0.2) is 14.4 Å². The Morgan fingerprint density at radius 3 is 2.27 bits per heavy atom. The van der Waals surface area contributed by atoms with Crippen LogP contribution in [0.4, 0.5) is 27.3 Å². The third kappa shape index (κ3) is 11.2. The van der Waals surface area contributed by atoms with E-state index in [9.17, 15) is 28.8 Å². The summed E-state index contributed by atoms with van der Waals surface area (Å²) >= 11 is 0. The molecule has 4 fully saturated rings. The van der Waals surface area contributed by atoms with E-state index < -0.39 is 40.9 Å². The SMILES string of the molecule is Cc1cc(F)c(Nc2nc(-c3ccc4c(c3)N(C3CC(N5CCCCC5)C3)C(=O)C43CCN(C(=O)CCCCCCCCCNc4cccc5c4C(=O)N(C4CCC(=O)NC4=O)C5=O)CC3)cc3ncn(C(C)C)c23)cc1C(=O)NC(C)C. The number of rotatable bonds is 20. The van der Waals surface area contributed by atoms with Gasteiger partial charge in [-0.05, 0) is 153 Å². The summed E-state index contributed by atoms with van der Waals surface area (Å²) in [5.74, 6) is -2.25. The summed E-state index contributed by atoms with van der Waals surface area (Å²) < 4.78 is 17.9. The zero-order valence-corrected chi connectivity index (χ0v) is 48.6. The number of likely N-dealkylation sites (tertiary alicyclic amines) is 2. The van der Waals surface area contributed by atoms with Crippen molar-refractivity contribution in [2.75, 3.05) is 48.3 Å². The Hall–Kier alpha value is -7.54. The number of hydrogen-bond donors (Lipinski definition) is 4. The molecule has 5 aliphatic heterocycles. The molecule has 3 aromatic carbocycles. The molecular formula is C64H78FN11O7. The van der Waals surface area contributed by atoms with Crippen molar-refractivity contribution in [3.8, 4) is 11.3 Å². The maximum atomic E-state index is 15.9. The van der Waals surface area contributed by atoms with Crippen molar-refractivity contribution < 1.29 is 38.0 Å². The number of carbonyl (C=O) groups excluding carboxylic acids is 7. The maximum Gasteiger partial charge on any atom is 0.264 e. The van der Waals surface area contributed by atoms with Gasteiger partial charge >= 0.3 is 0 Å². The van der Waals surface area contributed by atoms with Crippen molar-refractivity contribution in [2.24, 2.45) is 0 Å². The highest BCUT2D eigenvalue weighted by atomic mass is 19.1. The Labute approximate surface area is 484 Å². The Kier molecular flexibility index (Phi) is 16.5. The first-order valence-electron chi connectivity index (χ1n) is 30.4. The largest absolute Gasteiger partial charge is 0.384 e. The van der Waals surface area contributed by atoms with Crippen molar-refractivity contribution >= 4 is 75.3 Å². The van der Waals surface area contributed by atoms with Crippen LogP contribution >= 0.6 is 0 Å². The van der Waals surface area contributed by atoms with Crippen LogP contribution in [-0.4, -0.2) is 127 Å². The number of unbranched alkanes of at least 4 members (excludes halogenated alkanes) is 6. The third-order valence-electron chi connectivity index (χ3n) is 18.2. The number of pyridine rings is 1. The molecule has 1 atom stereocenters. The van der Waals surface area contributed by atoms with Gasteiger partial charge in [-0.3, -0.25) is 43.8 Å². The van der Waals surface area contributed by atoms with Crippen LogP contribution in [0.2, 0.25) is 0 Å². The van der Waals surface area contributed by atoms with E-state index in [4.69, 9.17) is 9.97 Å². The molecule has 0 radical (unpaired) electrons. The number of carbonyl (C=O) groups is 7. The molecule has 6 aliphatic rings. The topological polar surface area (TPSA) is 211 Å². The van der Waals surface area contributed by atoms with Crippen molar-refractivity contribution in [3.05, 3.63) is 94.6 Å². The number of benzene rings is 3. The minimum atomic E-state index is -1.01. The summed E-state index contributed by atoms with van der Waals surface area (Å²) in [6, 6.07) is 15.6. The molecule has 3 saturated heterocycles. The average Bonchev–Trinajstić information content (AvgIpc) is 3.79. The molecule has 438 valence electrons. The van der Waals surface area contributed by atoms with Gasteiger partial charge in [-0.1, -0.05) is 56.7 Å². The number of halogens is 1. The van der Waals surface area contributed by atoms with Crippen LogP contribution in [0.25, 0.3) is 22.3 Å². The van der Waals surface area contributed by atoms with E-state index in [1.807, 2.05) is 49.3 Å². The normalized spacial score (nSPS) is 20.6. The van der Waals surface area contributed by atoms with Gasteiger partial charge in [0.05, 0.1) is 39.8 Å². The highest BCUT2D eigenvalue weighted by molar-refractivity contribution is 6.25. The van der Waals surface area contributed by atoms with Crippen LogP contribution in [-0.2, 0) is 24.6 Å². The van der Waals surface area contributed by atoms with E-state index in [1.54, 1.807) is 37.5 Å². The standard InChI is InChI=1S/C64H78FN11O7/c1-38(2)68-59(79)45-35-50(47(65)31-40(45)5)70-58-57-51(67-37-74(57)39(3)4)36-49(69-58)41-20-21-46-53(32-41)75(43-33-42(34-43)72-27-14-11-15-28-72)63(83)64(46)24-29-73(30-25-64)55(78)19-12-9-7-6-8-10-13-26-66-48-18-16-17-44-56(48)62(82)76(61(44)81)52-22-23-54(77)71-60(52)80/h16-18,20-21,31-32,35-39,42-43,52,66H,6-15,19,22-30,33-34H2,1-5H3,(H,68,79)(H,69,70)(H,71,77,80). The van der Waals surface area contributed by atoms with Gasteiger partial charge in [0.15, 0.2) is 5.82 Å². The third-order valence-corrected chi connectivity index (χ3v) is 18.2. The number of piperidine rings is 3. The van der Waals surface area contributed by atoms with Gasteiger partial charge in [0.25, 0.3) is 17.7 Å². The van der Waals surface area contributed by atoms with Crippen LogP contribution in [0.3, 0.4) is 0 Å². The highest BCUT2D eigenvalue weighted by Gasteiger charge is 2.56. The number of imide groups is 2. The number of fused-ring (bicyclic) bond motifs is 4. The molecular weight excluding hydrogens is 1050 g/mol. The van der Waals surface area contributed by atoms with Crippen molar-refractivity contribution in [2.45, 2.75) is 179 Å². The minimum absolute atomic E-state index is 0.0164. The molecule has 18 nitrogen and oxygen atoms in total. The summed E-state index contributed by atoms with van der Waals surface area (Å²) in [6.07, 6.45) is 15.7. The zero-order chi connectivity index (χ0) is 58.3. The minimum Gasteiger partial charge on any atom is -0.384 e. The number of imidazole rings is 1. The van der Waals surface area contributed by atoms with Crippen LogP contribution < -0.4 is 26.2 Å². The maximum absolute atomic E-state index is 15.9. The molecule has 1 unspecified atom stereocenters. The lowest BCUT2D eigenvalue weighted by molar-refractivity contribution is -0.136. The van der Waals surface area contributed by atoms with E-state index in [1.165, 1.54) is 25.3 Å². The lowest BCUT2D eigenvalue weighted by Crippen LogP contribution is -2.58. The lowest BCUT2D eigenvalue weighted by Gasteiger charge is -2.48. The predicted molar refractivity (Wildman–Crippen MR) is 316 cm³/mol. The van der Waals surface area contributed by atoms with Gasteiger partial charge in [0, 0.05) is 79.1 Å². The number of aryl methyl sites for hydroxylation is 1. The molecule has 0 bridgehead atoms. The molecule has 1 spiro atoms. The predicted octanol–water partition coefficient (Wildman–Crippen LogP) is 9.87. The second-order valence-corrected chi connectivity index (χ2v) is 24.4. The Balaban J connectivity index is 0.718. The summed E-state index contributed by atoms with van der Waals surface area (Å²) in [5, 5.41) is 11.8. The van der Waals surface area contributed by atoms with Gasteiger partial charge in [-0.2, -0.15) is 0 Å². The van der Waals surface area contributed by atoms with E-state index in [0.29, 0.717) is 84.3 Å². The van der Waals surface area contributed by atoms with Gasteiger partial charge < -0.3 is 35.2 Å². The van der Waals surface area contributed by atoms with E-state index in [0.717, 1.165) is 92.6 Å². The van der Waals surface area contributed by atoms with Crippen molar-refractivity contribution in [3.63, 3.8) is 0 Å². The first kappa shape index (κ1) is 57.3. The monoisotopic (exact) mass is 1130 g/mol. The molecule has 19 heteroatoms. The smallest absolute Gasteiger partial charge is 0.264 e. The van der Waals surface area contributed by atoms with Crippen molar-refractivity contribution in [1.29, 1.82) is 0 Å². The second-order valence-electron chi connectivity index (χ2n) is 24.4. The Morgan fingerprint density at radius 1 is 0.807 bits per heavy atom. The van der Waals surface area contributed by atoms with E-state index in [2.05, 4.69) is 43.2 Å². The van der Waals surface area contributed by atoms with E-state index >= 15 is 9.18 Å². The van der Waals surface area contributed by atoms with Gasteiger partial charge in [0.1, 0.15) is 17.4 Å². The molecule has 1 aliphatic carbocycles. The molecule has 2 aromatic heterocycles. The zero-order valence-electron chi connectivity index (χ0n) is 48.6. The molecule has 4 N–H and O–H groups in total. The molecule has 83 heavy (non-hydrogen) atoms. The Bertz CT molecular complexity index is 3370. The second kappa shape index (κ2) is 24.0. The van der Waals surface area contributed by atoms with Crippen LogP contribution in [0.15, 0.2) is 60.9 Å². The van der Waals surface area contributed by atoms with E-state index in [-0.39, 0.29) is 65.5 Å². The number of anilines is 4. The number of amides is 7. The van der Waals surface area contributed by atoms with Crippen LogP contribution in [0.5, 0.6) is 0 Å². The van der Waals surface area contributed by atoms with Crippen LogP contribution in [0, 0.1) is 12.7 Å². The first-order valence-corrected chi connectivity index (χ1v) is 30.4. The van der Waals surface area contributed by atoms with Crippen LogP contribution in [0.1, 0.15) is 185 Å². The summed E-state index contributed by atoms with van der Waals surface area (Å²) in [5.41, 5.74) is 6.00. The summed E-state index contributed by atoms with van der Waals surface area (Å²) in [4.78, 5) is 111. The molecule has 7 heterocycles. The lowest BCUT2D eigenvalue weighted by atomic mass is 9.73. The number of aromatic nitrogens is 3.